The molecule has 13 atom stereocenters. The molecule has 0 amide bonds. The van der Waals surface area contributed by atoms with E-state index in [2.05, 4.69) is 106 Å². The van der Waals surface area contributed by atoms with Crippen molar-refractivity contribution in [1.82, 2.24) is 20.2 Å². The third-order valence-corrected chi connectivity index (χ3v) is 24.3. The molecule has 410 valence electrons. The highest BCUT2D eigenvalue weighted by molar-refractivity contribution is 6.02. The Morgan fingerprint density at radius 1 is 0.867 bits per heavy atom. The Balaban J connectivity index is 1.02. The maximum absolute atomic E-state index is 15.8. The van der Waals surface area contributed by atoms with Gasteiger partial charge < -0.3 is 39.9 Å². The smallest absolute Gasteiger partial charge is 0.160 e. The zero-order valence-electron chi connectivity index (χ0n) is 47.5. The molecule has 12 rings (SSSR count). The highest BCUT2D eigenvalue weighted by atomic mass is 16.6. The predicted molar refractivity (Wildman–Crippen MR) is 297 cm³/mol. The Morgan fingerprint density at radius 3 is 2.28 bits per heavy atom. The van der Waals surface area contributed by atoms with Crippen molar-refractivity contribution in [3.8, 4) is 0 Å². The highest BCUT2D eigenvalue weighted by Gasteiger charge is 2.77. The van der Waals surface area contributed by atoms with Gasteiger partial charge in [0.15, 0.2) is 5.78 Å². The molecule has 10 heteroatoms. The molecule has 1 spiro atoms. The predicted octanol–water partition coefficient (Wildman–Crippen LogP) is 11.3. The quantitative estimate of drug-likeness (QED) is 0.113. The molecule has 5 heterocycles. The number of aliphatic hydroxyl groups excluding tert-OH is 2. The molecule has 6 aliphatic carbocycles. The van der Waals surface area contributed by atoms with E-state index in [0.717, 1.165) is 96.1 Å². The van der Waals surface area contributed by atoms with Gasteiger partial charge in [0.2, 0.25) is 0 Å². The number of ether oxygens (including phenoxy) is 2. The van der Waals surface area contributed by atoms with E-state index < -0.39 is 39.5 Å². The lowest BCUT2D eigenvalue weighted by Crippen LogP contribution is -2.72. The number of Topliss-reactive ketones (excluding diaryl/α,β-unsaturated/α-hetero) is 2. The number of hydrogen-bond acceptors (Lipinski definition) is 8. The second kappa shape index (κ2) is 18.7. The number of ketones is 2. The molecule has 75 heavy (non-hydrogen) atoms. The molecular formula is C65H94N4O6. The number of aromatic amines is 1. The van der Waals surface area contributed by atoms with Gasteiger partial charge in [-0.05, 0) is 209 Å². The summed E-state index contributed by atoms with van der Waals surface area (Å²) >= 11 is 0. The first-order chi connectivity index (χ1) is 35.7. The van der Waals surface area contributed by atoms with E-state index in [1.165, 1.54) is 76.5 Å². The van der Waals surface area contributed by atoms with Crippen molar-refractivity contribution in [2.24, 2.45) is 56.2 Å². The Kier molecular flexibility index (Phi) is 13.1. The maximum Gasteiger partial charge on any atom is 0.160 e. The summed E-state index contributed by atoms with van der Waals surface area (Å²) < 4.78 is 14.5. The van der Waals surface area contributed by atoms with Crippen LogP contribution in [0.1, 0.15) is 197 Å². The molecule has 0 radical (unpaired) electrons. The number of fused-ring (bicyclic) bond motifs is 5. The van der Waals surface area contributed by atoms with Gasteiger partial charge in [-0.15, -0.1) is 0 Å². The summed E-state index contributed by atoms with van der Waals surface area (Å²) in [6, 6.07) is 7.62. The van der Waals surface area contributed by atoms with E-state index in [0.29, 0.717) is 55.8 Å². The van der Waals surface area contributed by atoms with Gasteiger partial charge in [0.1, 0.15) is 11.9 Å². The molecule has 3 aromatic rings. The summed E-state index contributed by atoms with van der Waals surface area (Å²) in [7, 11) is 4.07. The van der Waals surface area contributed by atoms with Crippen LogP contribution in [0.5, 0.6) is 0 Å². The Labute approximate surface area is 449 Å². The largest absolute Gasteiger partial charge is 0.392 e. The summed E-state index contributed by atoms with van der Waals surface area (Å²) in [4.78, 5) is 34.8. The van der Waals surface area contributed by atoms with Crippen LogP contribution in [0, 0.1) is 56.2 Å². The first-order valence-electron chi connectivity index (χ1n) is 30.3. The lowest BCUT2D eigenvalue weighted by atomic mass is 9.30. The third-order valence-electron chi connectivity index (χ3n) is 24.3. The second-order valence-corrected chi connectivity index (χ2v) is 28.6. The fraction of sp³-hybridized carbons (Fsp3) is 0.754. The van der Waals surface area contributed by atoms with Crippen LogP contribution in [0.2, 0.25) is 0 Å². The minimum absolute atomic E-state index is 0.102. The van der Waals surface area contributed by atoms with Crippen molar-refractivity contribution >= 4 is 22.6 Å². The Hall–Kier alpha value is -3.12. The lowest BCUT2D eigenvalue weighted by molar-refractivity contribution is -0.262. The molecule has 0 unspecified atom stereocenters. The van der Waals surface area contributed by atoms with Crippen molar-refractivity contribution in [3.05, 3.63) is 69.6 Å². The van der Waals surface area contributed by atoms with Crippen molar-refractivity contribution in [2.75, 3.05) is 40.4 Å². The van der Waals surface area contributed by atoms with Gasteiger partial charge in [0, 0.05) is 73.7 Å². The van der Waals surface area contributed by atoms with Gasteiger partial charge in [0.05, 0.1) is 28.8 Å². The van der Waals surface area contributed by atoms with Crippen molar-refractivity contribution in [2.45, 2.75) is 213 Å². The van der Waals surface area contributed by atoms with E-state index in [1.807, 2.05) is 7.05 Å². The van der Waals surface area contributed by atoms with Crippen LogP contribution in [-0.2, 0) is 38.4 Å². The molecule has 2 saturated heterocycles. The number of allylic oxidation sites excluding steroid dienone is 1. The van der Waals surface area contributed by atoms with Crippen LogP contribution in [0.15, 0.2) is 41.7 Å². The molecule has 9 aliphatic rings. The Bertz CT molecular complexity index is 2700. The number of aromatic nitrogens is 2. The standard InChI is InChI=1S/C65H94N4O6/c1-59(2)58(75-59)49(71)32-60(3)20-16-43-36-68-54-46(29-40-27-44(41-13-11-10-12-14-41)30-45(28-40)42-18-25-74-26-19-42)37-69(55(43)54)38-47-52-53(60)48(70)33-63(52,6)62(5)21-17-50-61(4,23-24-66-8)51(72)34-65(22-15-39(31-65)35-67-9)64(50,7)57(62)56(47)73/h27-28,30,36-37,39,41-42,47,49-50,56-58,66-68,71,73H,10-26,29,31-35,38H2,1-9H3/t39-,47+,49+,50-,56+,57-,58+,60-,61-,62-,63-,64+,65+/m0/s1. The van der Waals surface area contributed by atoms with Crippen LogP contribution in [-0.4, -0.2) is 95.6 Å². The van der Waals surface area contributed by atoms with Gasteiger partial charge >= 0.3 is 0 Å². The molecule has 0 bridgehead atoms. The molecule has 10 nitrogen and oxygen atoms in total. The van der Waals surface area contributed by atoms with Gasteiger partial charge in [-0.3, -0.25) is 9.59 Å². The number of epoxide rings is 1. The van der Waals surface area contributed by atoms with Crippen LogP contribution >= 0.6 is 0 Å². The molecule has 2 aromatic heterocycles. The number of nitrogens with zero attached hydrogens (tertiary/aromatic N) is 1. The first-order valence-corrected chi connectivity index (χ1v) is 30.3. The van der Waals surface area contributed by atoms with Gasteiger partial charge in [-0.2, -0.15) is 0 Å². The normalized spacial score (nSPS) is 40.3. The average Bonchev–Trinajstić information content (AvgIpc) is 4.09. The maximum atomic E-state index is 15.8. The van der Waals surface area contributed by atoms with Gasteiger partial charge in [-0.25, -0.2) is 0 Å². The number of nitrogens with one attached hydrogen (secondary N) is 3. The summed E-state index contributed by atoms with van der Waals surface area (Å²) in [6.07, 6.45) is 20.8. The van der Waals surface area contributed by atoms with Crippen LogP contribution in [0.25, 0.3) is 11.0 Å². The lowest BCUT2D eigenvalue weighted by Gasteiger charge is -2.74. The summed E-state index contributed by atoms with van der Waals surface area (Å²) in [6.45, 7) is 20.1. The molecule has 5 N–H and O–H groups in total. The number of carbonyl (C=O) groups is 2. The average molecular weight is 1030 g/mol. The fourth-order valence-electron chi connectivity index (χ4n) is 20.2. The minimum atomic E-state index is -0.759. The first kappa shape index (κ1) is 52.6. The van der Waals surface area contributed by atoms with E-state index in [4.69, 9.17) is 9.47 Å². The minimum Gasteiger partial charge on any atom is -0.392 e. The molecule has 7 fully saturated rings. The van der Waals surface area contributed by atoms with Crippen molar-refractivity contribution in [3.63, 3.8) is 0 Å². The molecule has 1 aromatic carbocycles. The van der Waals surface area contributed by atoms with Crippen LogP contribution in [0.3, 0.4) is 0 Å². The summed E-state index contributed by atoms with van der Waals surface area (Å²) in [5.41, 5.74) is 8.19. The zero-order chi connectivity index (χ0) is 52.7. The van der Waals surface area contributed by atoms with Crippen LogP contribution in [0.4, 0.5) is 0 Å². The number of benzene rings is 1. The van der Waals surface area contributed by atoms with E-state index in [1.54, 1.807) is 0 Å². The SMILES string of the molecule is CNCC[C@]1(C)C(=O)C[C@]2(CC[C@H](CNC)C2)[C@@]2(C)[C@H]3[C@H](O)[C@@H]4Cn5cc(Cc6cc(C7CCCCC7)cc(C7CCOCC7)c6)c6[nH]cc(c65)CC[C@@](C)(C[C@@H](O)[C@H]5OC5(C)C)C5=C4[C@](C)(CC5=O)[C@@]3(C)CC[C@H]21. The Morgan fingerprint density at radius 2 is 1.59 bits per heavy atom. The van der Waals surface area contributed by atoms with Gasteiger partial charge in [-0.1, -0.05) is 72.1 Å². The van der Waals surface area contributed by atoms with E-state index >= 15 is 9.59 Å². The fourth-order valence-corrected chi connectivity index (χ4v) is 20.2. The second-order valence-electron chi connectivity index (χ2n) is 28.6. The van der Waals surface area contributed by atoms with E-state index in [-0.39, 0.29) is 40.5 Å². The molecular weight excluding hydrogens is 933 g/mol. The van der Waals surface area contributed by atoms with Gasteiger partial charge in [0.25, 0.3) is 0 Å². The number of aryl methyl sites for hydroxylation is 1. The number of carbonyl (C=O) groups excluding carboxylic acids is 2. The number of hydrogen-bond donors (Lipinski definition) is 5. The van der Waals surface area contributed by atoms with Crippen LogP contribution < -0.4 is 10.6 Å². The topological polar surface area (TPSA) is 141 Å². The molecule has 5 saturated carbocycles. The van der Waals surface area contributed by atoms with Crippen molar-refractivity contribution < 1.29 is 29.3 Å². The third kappa shape index (κ3) is 8.01. The highest BCUT2D eigenvalue weighted by Crippen LogP contribution is 2.80. The number of aliphatic hydroxyl groups is 2. The monoisotopic (exact) mass is 1030 g/mol. The summed E-state index contributed by atoms with van der Waals surface area (Å²) in [5, 5.41) is 33.6. The summed E-state index contributed by atoms with van der Waals surface area (Å²) in [5.74, 6) is 1.83. The number of rotatable bonds is 12. The molecule has 3 aliphatic heterocycles. The van der Waals surface area contributed by atoms with Crippen molar-refractivity contribution in [1.29, 1.82) is 0 Å². The zero-order valence-corrected chi connectivity index (χ0v) is 47.5. The number of H-pyrrole nitrogens is 1. The van der Waals surface area contributed by atoms with E-state index in [9.17, 15) is 10.2 Å².